The molecule has 1 saturated heterocycles. The molecule has 19 heavy (non-hydrogen) atoms. The number of para-hydroxylation sites is 1. The molecule has 104 valence electrons. The summed E-state index contributed by atoms with van der Waals surface area (Å²) in [6.45, 7) is 5.13. The van der Waals surface area contributed by atoms with Crippen molar-refractivity contribution < 1.29 is 4.74 Å². The van der Waals surface area contributed by atoms with Crippen LogP contribution in [-0.4, -0.2) is 30.6 Å². The first-order chi connectivity index (χ1) is 9.29. The molecule has 1 aromatic carbocycles. The highest BCUT2D eigenvalue weighted by Gasteiger charge is 2.33. The normalized spacial score (nSPS) is 31.6. The Bertz CT molecular complexity index is 435. The van der Waals surface area contributed by atoms with E-state index in [0.717, 1.165) is 31.9 Å². The Hall–Kier alpha value is -1.06. The third kappa shape index (κ3) is 2.49. The van der Waals surface area contributed by atoms with Crippen LogP contribution in [0.25, 0.3) is 0 Å². The van der Waals surface area contributed by atoms with Gasteiger partial charge in [-0.1, -0.05) is 18.2 Å². The number of nitrogens with two attached hydrogens (primary N) is 1. The number of fused-ring (bicyclic) bond motifs is 1. The highest BCUT2D eigenvalue weighted by molar-refractivity contribution is 5.37. The van der Waals surface area contributed by atoms with E-state index in [0.29, 0.717) is 18.0 Å². The van der Waals surface area contributed by atoms with Crippen molar-refractivity contribution in [2.75, 3.05) is 19.7 Å². The van der Waals surface area contributed by atoms with Crippen LogP contribution in [0.5, 0.6) is 5.75 Å². The molecule has 3 rings (SSSR count). The summed E-state index contributed by atoms with van der Waals surface area (Å²) in [5.74, 6) is 1.73. The lowest BCUT2D eigenvalue weighted by molar-refractivity contribution is 0.0515. The van der Waals surface area contributed by atoms with Crippen molar-refractivity contribution in [2.24, 2.45) is 11.7 Å². The first-order valence-electron chi connectivity index (χ1n) is 7.47. The summed E-state index contributed by atoms with van der Waals surface area (Å²) in [5, 5.41) is 0. The zero-order chi connectivity index (χ0) is 13.2. The van der Waals surface area contributed by atoms with Crippen molar-refractivity contribution in [3.05, 3.63) is 29.8 Å². The molecule has 3 unspecified atom stereocenters. The van der Waals surface area contributed by atoms with Crippen molar-refractivity contribution in [3.8, 4) is 5.75 Å². The van der Waals surface area contributed by atoms with E-state index >= 15 is 0 Å². The molecule has 0 aliphatic carbocycles. The molecule has 2 N–H and O–H groups in total. The summed E-state index contributed by atoms with van der Waals surface area (Å²) < 4.78 is 5.78. The molecule has 0 saturated carbocycles. The Balaban J connectivity index is 1.85. The van der Waals surface area contributed by atoms with E-state index in [4.69, 9.17) is 10.5 Å². The molecular formula is C16H24N2O. The Kier molecular flexibility index (Phi) is 3.76. The van der Waals surface area contributed by atoms with Gasteiger partial charge in [-0.2, -0.15) is 0 Å². The second kappa shape index (κ2) is 5.51. The summed E-state index contributed by atoms with van der Waals surface area (Å²) in [7, 11) is 0. The van der Waals surface area contributed by atoms with Crippen LogP contribution in [0.3, 0.4) is 0 Å². The highest BCUT2D eigenvalue weighted by Crippen LogP contribution is 2.39. The first-order valence-corrected chi connectivity index (χ1v) is 7.47. The van der Waals surface area contributed by atoms with Crippen molar-refractivity contribution in [2.45, 2.75) is 38.3 Å². The number of hydrogen-bond donors (Lipinski definition) is 1. The Labute approximate surface area is 115 Å². The van der Waals surface area contributed by atoms with E-state index in [9.17, 15) is 0 Å². The van der Waals surface area contributed by atoms with Crippen LogP contribution >= 0.6 is 0 Å². The van der Waals surface area contributed by atoms with Gasteiger partial charge in [-0.15, -0.1) is 0 Å². The van der Waals surface area contributed by atoms with Gasteiger partial charge in [-0.25, -0.2) is 0 Å². The van der Waals surface area contributed by atoms with Gasteiger partial charge >= 0.3 is 0 Å². The number of ether oxygens (including phenoxy) is 1. The average molecular weight is 260 g/mol. The van der Waals surface area contributed by atoms with Gasteiger partial charge in [0.05, 0.1) is 6.61 Å². The van der Waals surface area contributed by atoms with Gasteiger partial charge < -0.3 is 10.5 Å². The van der Waals surface area contributed by atoms with Gasteiger partial charge in [-0.05, 0) is 38.3 Å². The van der Waals surface area contributed by atoms with Crippen LogP contribution in [0, 0.1) is 5.92 Å². The summed E-state index contributed by atoms with van der Waals surface area (Å²) in [5.41, 5.74) is 7.24. The lowest BCUT2D eigenvalue weighted by Gasteiger charge is -2.44. The number of nitrogens with zero attached hydrogens (tertiary/aromatic N) is 1. The van der Waals surface area contributed by atoms with Gasteiger partial charge in [0, 0.05) is 30.6 Å². The predicted octanol–water partition coefficient (Wildman–Crippen LogP) is 2.57. The number of piperidine rings is 1. The van der Waals surface area contributed by atoms with Crippen LogP contribution in [-0.2, 0) is 0 Å². The smallest absolute Gasteiger partial charge is 0.124 e. The largest absolute Gasteiger partial charge is 0.493 e. The van der Waals surface area contributed by atoms with Crippen molar-refractivity contribution >= 4 is 0 Å². The first kappa shape index (κ1) is 12.9. The molecule has 0 radical (unpaired) electrons. The SMILES string of the molecule is CC1CCC(CN)CN1C1CCOc2ccccc21. The fraction of sp³-hybridized carbons (Fsp3) is 0.625. The van der Waals surface area contributed by atoms with Gasteiger partial charge in [0.25, 0.3) is 0 Å². The van der Waals surface area contributed by atoms with Crippen LogP contribution in [0.4, 0.5) is 0 Å². The second-order valence-electron chi connectivity index (χ2n) is 5.92. The number of rotatable bonds is 2. The van der Waals surface area contributed by atoms with Gasteiger partial charge in [0.2, 0.25) is 0 Å². The predicted molar refractivity (Wildman–Crippen MR) is 77.2 cm³/mol. The summed E-state index contributed by atoms with van der Waals surface area (Å²) in [4.78, 5) is 2.66. The molecule has 2 aliphatic heterocycles. The van der Waals surface area contributed by atoms with Crippen molar-refractivity contribution in [1.82, 2.24) is 4.90 Å². The number of benzene rings is 1. The Morgan fingerprint density at radius 3 is 2.95 bits per heavy atom. The third-order valence-electron chi connectivity index (χ3n) is 4.69. The van der Waals surface area contributed by atoms with E-state index in [2.05, 4.69) is 36.1 Å². The quantitative estimate of drug-likeness (QED) is 0.888. The summed E-state index contributed by atoms with van der Waals surface area (Å²) in [6, 6.07) is 9.65. The monoisotopic (exact) mass is 260 g/mol. The van der Waals surface area contributed by atoms with Crippen molar-refractivity contribution in [1.29, 1.82) is 0 Å². The molecule has 0 bridgehead atoms. The van der Waals surface area contributed by atoms with E-state index in [-0.39, 0.29) is 0 Å². The lowest BCUT2D eigenvalue weighted by atomic mass is 9.89. The van der Waals surface area contributed by atoms with E-state index in [1.807, 2.05) is 0 Å². The number of likely N-dealkylation sites (tertiary alicyclic amines) is 1. The topological polar surface area (TPSA) is 38.5 Å². The maximum absolute atomic E-state index is 5.88. The second-order valence-corrected chi connectivity index (χ2v) is 5.92. The van der Waals surface area contributed by atoms with Crippen LogP contribution < -0.4 is 10.5 Å². The minimum Gasteiger partial charge on any atom is -0.493 e. The molecule has 3 atom stereocenters. The standard InChI is InChI=1S/C16H24N2O/c1-12-6-7-13(10-17)11-18(12)15-8-9-19-16-5-3-2-4-14(15)16/h2-5,12-13,15H,6-11,17H2,1H3. The maximum atomic E-state index is 5.88. The molecule has 0 spiro atoms. The fourth-order valence-electron chi connectivity index (χ4n) is 3.51. The molecule has 1 fully saturated rings. The number of hydrogen-bond acceptors (Lipinski definition) is 3. The Morgan fingerprint density at radius 2 is 2.11 bits per heavy atom. The van der Waals surface area contributed by atoms with E-state index in [1.165, 1.54) is 18.4 Å². The molecule has 3 heteroatoms. The van der Waals surface area contributed by atoms with Crippen molar-refractivity contribution in [3.63, 3.8) is 0 Å². The summed E-state index contributed by atoms with van der Waals surface area (Å²) >= 11 is 0. The molecule has 0 amide bonds. The van der Waals surface area contributed by atoms with Gasteiger partial charge in [-0.3, -0.25) is 4.90 Å². The fourth-order valence-corrected chi connectivity index (χ4v) is 3.51. The molecule has 0 aromatic heterocycles. The van der Waals surface area contributed by atoms with E-state index < -0.39 is 0 Å². The maximum Gasteiger partial charge on any atom is 0.124 e. The third-order valence-corrected chi connectivity index (χ3v) is 4.69. The zero-order valence-corrected chi connectivity index (χ0v) is 11.7. The van der Waals surface area contributed by atoms with Gasteiger partial charge in [0.1, 0.15) is 5.75 Å². The zero-order valence-electron chi connectivity index (χ0n) is 11.7. The minimum atomic E-state index is 0.509. The molecule has 1 aromatic rings. The molecular weight excluding hydrogens is 236 g/mol. The highest BCUT2D eigenvalue weighted by atomic mass is 16.5. The molecule has 2 heterocycles. The Morgan fingerprint density at radius 1 is 1.26 bits per heavy atom. The van der Waals surface area contributed by atoms with Crippen LogP contribution in [0.15, 0.2) is 24.3 Å². The lowest BCUT2D eigenvalue weighted by Crippen LogP contribution is -2.46. The van der Waals surface area contributed by atoms with Crippen LogP contribution in [0.1, 0.15) is 37.8 Å². The summed E-state index contributed by atoms with van der Waals surface area (Å²) in [6.07, 6.45) is 3.64. The molecule has 2 aliphatic rings. The molecule has 3 nitrogen and oxygen atoms in total. The van der Waals surface area contributed by atoms with E-state index in [1.54, 1.807) is 0 Å². The minimum absolute atomic E-state index is 0.509. The average Bonchev–Trinajstić information content (AvgIpc) is 2.47. The van der Waals surface area contributed by atoms with Crippen LogP contribution in [0.2, 0.25) is 0 Å². The van der Waals surface area contributed by atoms with Gasteiger partial charge in [0.15, 0.2) is 0 Å².